The van der Waals surface area contributed by atoms with Gasteiger partial charge in [0.15, 0.2) is 0 Å². The third-order valence-electron chi connectivity index (χ3n) is 3.95. The third-order valence-corrected chi connectivity index (χ3v) is 3.95. The summed E-state index contributed by atoms with van der Waals surface area (Å²) in [4.78, 5) is 0. The summed E-state index contributed by atoms with van der Waals surface area (Å²) in [6.07, 6.45) is 18.2. The second kappa shape index (κ2) is 20.9. The third kappa shape index (κ3) is 17.1. The summed E-state index contributed by atoms with van der Waals surface area (Å²) in [7, 11) is 9.87. The average molecular weight is 413 g/mol. The molecule has 0 aliphatic heterocycles. The molecule has 2 aliphatic rings. The van der Waals surface area contributed by atoms with Gasteiger partial charge in [-0.25, -0.2) is 0 Å². The Hall–Kier alpha value is 0.943. The van der Waals surface area contributed by atoms with Gasteiger partial charge >= 0.3 is 37.9 Å². The summed E-state index contributed by atoms with van der Waals surface area (Å²) in [6.45, 7) is 7.45. The first kappa shape index (κ1) is 26.8. The summed E-state index contributed by atoms with van der Waals surface area (Å²) in [5, 5.41) is 0. The molecule has 0 unspecified atom stereocenters. The van der Waals surface area contributed by atoms with Gasteiger partial charge in [0, 0.05) is 0 Å². The topological polar surface area (TPSA) is 0 Å². The number of rotatable bonds is 4. The van der Waals surface area contributed by atoms with Crippen LogP contribution >= 0.6 is 17.0 Å². The molecule has 0 aromatic rings. The van der Waals surface area contributed by atoms with Crippen molar-refractivity contribution in [3.8, 4) is 0 Å². The minimum absolute atomic E-state index is 0. The Morgan fingerprint density at radius 1 is 0.762 bits per heavy atom. The number of hydrogen-bond donors (Lipinski definition) is 0. The van der Waals surface area contributed by atoms with Crippen LogP contribution in [-0.4, -0.2) is 0 Å². The monoisotopic (exact) mass is 410 g/mol. The number of allylic oxidation sites excluding steroid dienone is 2. The predicted octanol–water partition coefficient (Wildman–Crippen LogP) is 7.78. The molecule has 0 radical (unpaired) electrons. The Bertz CT molecular complexity index is 185. The van der Waals surface area contributed by atoms with Crippen molar-refractivity contribution in [2.75, 3.05) is 0 Å². The van der Waals surface area contributed by atoms with E-state index >= 15 is 0 Å². The number of halogens is 2. The molecule has 0 nitrogen and oxygen atoms in total. The molecular formula is C18H34Cl2Zr. The van der Waals surface area contributed by atoms with Crippen LogP contribution in [0.4, 0.5) is 0 Å². The van der Waals surface area contributed by atoms with Gasteiger partial charge in [0.05, 0.1) is 0 Å². The van der Waals surface area contributed by atoms with E-state index in [1.54, 1.807) is 0 Å². The van der Waals surface area contributed by atoms with Gasteiger partial charge in [-0.1, -0.05) is 63.5 Å². The van der Waals surface area contributed by atoms with Crippen molar-refractivity contribution in [1.82, 2.24) is 0 Å². The van der Waals surface area contributed by atoms with Gasteiger partial charge in [-0.2, -0.15) is 0 Å². The fraction of sp³-hybridized carbons (Fsp3) is 0.667. The number of hydrogen-bond acceptors (Lipinski definition) is 0. The van der Waals surface area contributed by atoms with Crippen molar-refractivity contribution in [1.29, 1.82) is 0 Å². The first-order chi connectivity index (χ1) is 9.28. The van der Waals surface area contributed by atoms with E-state index in [0.717, 1.165) is 11.8 Å². The first-order valence-electron chi connectivity index (χ1n) is 7.46. The fourth-order valence-corrected chi connectivity index (χ4v) is 2.96. The molecule has 2 fully saturated rings. The van der Waals surface area contributed by atoms with Gasteiger partial charge in [0.25, 0.3) is 0 Å². The molecule has 2 rings (SSSR count). The molecule has 2 aliphatic carbocycles. The Morgan fingerprint density at radius 3 is 1.19 bits per heavy atom. The molecular weight excluding hydrogens is 378 g/mol. The first-order valence-corrected chi connectivity index (χ1v) is 13.8. The van der Waals surface area contributed by atoms with E-state index in [0.29, 0.717) is 0 Å². The maximum atomic E-state index is 4.93. The van der Waals surface area contributed by atoms with Gasteiger partial charge in [-0.05, 0) is 24.7 Å². The quantitative estimate of drug-likeness (QED) is 0.327. The van der Waals surface area contributed by atoms with E-state index in [9.17, 15) is 0 Å². The normalized spacial score (nSPS) is 16.9. The van der Waals surface area contributed by atoms with Gasteiger partial charge in [0.1, 0.15) is 0 Å². The van der Waals surface area contributed by atoms with Crippen molar-refractivity contribution in [3.63, 3.8) is 0 Å². The van der Waals surface area contributed by atoms with E-state index in [2.05, 4.69) is 25.3 Å². The van der Waals surface area contributed by atoms with E-state index in [-0.39, 0.29) is 14.9 Å². The molecule has 0 heterocycles. The van der Waals surface area contributed by atoms with Crippen LogP contribution in [0.15, 0.2) is 25.3 Å². The zero-order valence-electron chi connectivity index (χ0n) is 14.1. The molecule has 0 atom stereocenters. The van der Waals surface area contributed by atoms with E-state index in [1.165, 1.54) is 64.2 Å². The van der Waals surface area contributed by atoms with Gasteiger partial charge < -0.3 is 14.9 Å². The van der Waals surface area contributed by atoms with Crippen LogP contribution in [0.5, 0.6) is 0 Å². The van der Waals surface area contributed by atoms with E-state index in [1.807, 2.05) is 0 Å². The predicted molar refractivity (Wildman–Crippen MR) is 98.1 cm³/mol. The standard InChI is InChI=1S/2C8H14.2CH3.2ClH.Zr/c2*1-2-5-8-6-3-4-7-8;;;;;/h2*2,8H,1,3-7H2;2*1H3;2*1H;/q;;2*-1;;;+4/p-2. The molecule has 0 amide bonds. The maximum absolute atomic E-state index is 4.93. The fourth-order valence-electron chi connectivity index (χ4n) is 2.96. The zero-order chi connectivity index (χ0) is 14.3. The summed E-state index contributed by atoms with van der Waals surface area (Å²) < 4.78 is 0. The van der Waals surface area contributed by atoms with Crippen LogP contribution in [0.25, 0.3) is 0 Å². The van der Waals surface area contributed by atoms with Gasteiger partial charge in [0.2, 0.25) is 0 Å². The van der Waals surface area contributed by atoms with Gasteiger partial charge in [-0.3, -0.25) is 0 Å². The molecule has 0 saturated heterocycles. The summed E-state index contributed by atoms with van der Waals surface area (Å²) in [5.74, 6) is 1.99. The molecule has 0 aromatic carbocycles. The minimum atomic E-state index is -0.826. The van der Waals surface area contributed by atoms with Crippen LogP contribution in [0.1, 0.15) is 64.2 Å². The molecule has 2 saturated carbocycles. The SMILES string of the molecule is C=CCC1CCCC1.C=CCC1CCCC1.[CH3-].[CH3-].[Cl][Zr+2][Cl]. The Kier molecular flexibility index (Phi) is 26.7. The van der Waals surface area contributed by atoms with Crippen LogP contribution in [0, 0.1) is 26.7 Å². The average Bonchev–Trinajstić information content (AvgIpc) is 3.05. The molecule has 124 valence electrons. The Labute approximate surface area is 153 Å². The molecule has 21 heavy (non-hydrogen) atoms. The van der Waals surface area contributed by atoms with E-state index in [4.69, 9.17) is 17.0 Å². The summed E-state index contributed by atoms with van der Waals surface area (Å²) >= 11 is -0.826. The second-order valence-electron chi connectivity index (χ2n) is 5.42. The summed E-state index contributed by atoms with van der Waals surface area (Å²) in [5.41, 5.74) is 0. The van der Waals surface area contributed by atoms with Crippen molar-refractivity contribution in [3.05, 3.63) is 40.2 Å². The second-order valence-corrected chi connectivity index (χ2v) is 9.15. The van der Waals surface area contributed by atoms with Crippen LogP contribution in [0.3, 0.4) is 0 Å². The van der Waals surface area contributed by atoms with Crippen LogP contribution < -0.4 is 0 Å². The molecule has 0 aromatic heterocycles. The summed E-state index contributed by atoms with van der Waals surface area (Å²) in [6, 6.07) is 0. The van der Waals surface area contributed by atoms with Gasteiger partial charge in [-0.15, -0.1) is 13.2 Å². The van der Waals surface area contributed by atoms with E-state index < -0.39 is 20.8 Å². The van der Waals surface area contributed by atoms with Crippen molar-refractivity contribution >= 4 is 17.0 Å². The zero-order valence-corrected chi connectivity index (χ0v) is 18.0. The Morgan fingerprint density at radius 2 is 1.00 bits per heavy atom. The molecule has 3 heteroatoms. The van der Waals surface area contributed by atoms with Crippen LogP contribution in [0.2, 0.25) is 0 Å². The van der Waals surface area contributed by atoms with Crippen molar-refractivity contribution in [2.24, 2.45) is 11.8 Å². The molecule has 0 N–H and O–H groups in total. The molecule has 0 spiro atoms. The molecule has 0 bridgehead atoms. The Balaban J connectivity index is -0.000000242. The van der Waals surface area contributed by atoms with Crippen molar-refractivity contribution in [2.45, 2.75) is 64.2 Å². The van der Waals surface area contributed by atoms with Crippen molar-refractivity contribution < 1.29 is 20.8 Å². The van der Waals surface area contributed by atoms with Crippen LogP contribution in [-0.2, 0) is 20.8 Å².